The molecule has 0 aliphatic rings. The van der Waals surface area contributed by atoms with Crippen LogP contribution in [0.2, 0.25) is 0 Å². The van der Waals surface area contributed by atoms with Crippen LogP contribution in [0.15, 0.2) is 30.4 Å². The lowest BCUT2D eigenvalue weighted by molar-refractivity contribution is -0.112. The molecule has 0 aliphatic heterocycles. The van der Waals surface area contributed by atoms with Gasteiger partial charge in [0.15, 0.2) is 0 Å². The molecule has 146 valence electrons. The number of para-hydroxylation sites is 1. The summed E-state index contributed by atoms with van der Waals surface area (Å²) in [6, 6.07) is 6.16. The van der Waals surface area contributed by atoms with Crippen LogP contribution < -0.4 is 5.32 Å². The molecule has 0 aromatic heterocycles. The number of benzene rings is 1. The van der Waals surface area contributed by atoms with Gasteiger partial charge in [0.2, 0.25) is 0 Å². The minimum Gasteiger partial charge on any atom is -0.323 e. The molecule has 4 heteroatoms. The van der Waals surface area contributed by atoms with Gasteiger partial charge in [-0.1, -0.05) is 80.2 Å². The summed E-state index contributed by atoms with van der Waals surface area (Å²) in [6.07, 6.45) is 0.273. The summed E-state index contributed by atoms with van der Waals surface area (Å²) in [4.78, 5) is 12.9. The molecule has 0 heterocycles. The van der Waals surface area contributed by atoms with Gasteiger partial charge in [0.25, 0.3) is 5.91 Å². The molecule has 0 bridgehead atoms. The zero-order valence-electron chi connectivity index (χ0n) is 17.7. The van der Waals surface area contributed by atoms with Crippen molar-refractivity contribution in [2.24, 2.45) is 0 Å². The lowest BCUT2D eigenvalue weighted by atomic mass is 9.92. The summed E-state index contributed by atoms with van der Waals surface area (Å²) in [5.74, 6) is 0.380. The molecule has 0 unspecified atom stereocenters. The van der Waals surface area contributed by atoms with Crippen molar-refractivity contribution in [2.75, 3.05) is 11.5 Å². The number of hydrogen-bond donors (Lipinski definition) is 1. The summed E-state index contributed by atoms with van der Waals surface area (Å²) in [6.45, 7) is 20.3. The van der Waals surface area contributed by atoms with E-state index in [0.717, 1.165) is 16.8 Å². The van der Waals surface area contributed by atoms with Crippen molar-refractivity contribution >= 4 is 18.7 Å². The maximum absolute atomic E-state index is 13.3. The van der Waals surface area contributed by atoms with E-state index in [9.17, 15) is 9.36 Å². The van der Waals surface area contributed by atoms with Gasteiger partial charge in [-0.15, -0.1) is 0 Å². The highest BCUT2D eigenvalue weighted by molar-refractivity contribution is 7.65. The molecule has 3 nitrogen and oxygen atoms in total. The molecule has 0 radical (unpaired) electrons. The first kappa shape index (κ1) is 22.7. The average molecular weight is 378 g/mol. The van der Waals surface area contributed by atoms with E-state index in [1.54, 1.807) is 0 Å². The predicted octanol–water partition coefficient (Wildman–Crippen LogP) is 6.61. The Morgan fingerprint density at radius 1 is 0.962 bits per heavy atom. The Kier molecular flexibility index (Phi) is 7.89. The molecule has 1 aromatic rings. The van der Waals surface area contributed by atoms with Crippen LogP contribution in [0.4, 0.5) is 5.69 Å². The molecule has 1 aromatic carbocycles. The summed E-state index contributed by atoms with van der Waals surface area (Å²) in [5.41, 5.74) is 3.61. The van der Waals surface area contributed by atoms with Crippen LogP contribution in [0, 0.1) is 0 Å². The molecule has 0 spiro atoms. The minimum absolute atomic E-state index is 0.0428. The van der Waals surface area contributed by atoms with E-state index in [4.69, 9.17) is 0 Å². The van der Waals surface area contributed by atoms with Crippen molar-refractivity contribution in [3.8, 4) is 0 Å². The highest BCUT2D eigenvalue weighted by Crippen LogP contribution is 2.56. The van der Waals surface area contributed by atoms with E-state index in [1.165, 1.54) is 0 Å². The molecular weight excluding hydrogens is 341 g/mol. The summed E-state index contributed by atoms with van der Waals surface area (Å²) in [5, 5.41) is 3.08. The van der Waals surface area contributed by atoms with E-state index < -0.39 is 7.14 Å². The zero-order chi connectivity index (χ0) is 20.2. The van der Waals surface area contributed by atoms with Gasteiger partial charge in [0, 0.05) is 28.7 Å². The Balaban J connectivity index is 3.15. The number of hydrogen-bond acceptors (Lipinski definition) is 2. The molecule has 0 atom stereocenters. The van der Waals surface area contributed by atoms with Gasteiger partial charge in [0.1, 0.15) is 0 Å². The fraction of sp³-hybridized carbons (Fsp3) is 0.591. The van der Waals surface area contributed by atoms with Crippen molar-refractivity contribution < 1.29 is 9.36 Å². The second-order valence-electron chi connectivity index (χ2n) is 8.38. The predicted molar refractivity (Wildman–Crippen MR) is 115 cm³/mol. The topological polar surface area (TPSA) is 46.2 Å². The number of nitrogens with one attached hydrogen (secondary N) is 1. The maximum atomic E-state index is 13.3. The van der Waals surface area contributed by atoms with Crippen LogP contribution in [-0.2, 0) is 9.36 Å². The number of rotatable bonds is 8. The van der Waals surface area contributed by atoms with Crippen molar-refractivity contribution in [1.29, 1.82) is 0 Å². The SMILES string of the molecule is C=C(CP(=O)(C(C)C)C(C)C)C(=O)Nc1c(C(C)C)cccc1C(C)C. The average Bonchev–Trinajstić information content (AvgIpc) is 2.53. The smallest absolute Gasteiger partial charge is 0.251 e. The first-order valence-electron chi connectivity index (χ1n) is 9.62. The van der Waals surface area contributed by atoms with Gasteiger partial charge >= 0.3 is 0 Å². The molecule has 1 rings (SSSR count). The lowest BCUT2D eigenvalue weighted by Gasteiger charge is -2.27. The maximum Gasteiger partial charge on any atom is 0.251 e. The monoisotopic (exact) mass is 377 g/mol. The third-order valence-electron chi connectivity index (χ3n) is 5.12. The molecule has 1 amide bonds. The van der Waals surface area contributed by atoms with Crippen LogP contribution >= 0.6 is 7.14 Å². The van der Waals surface area contributed by atoms with Crippen molar-refractivity contribution in [3.05, 3.63) is 41.5 Å². The molecule has 26 heavy (non-hydrogen) atoms. The summed E-state index contributed by atoms with van der Waals surface area (Å²) in [7, 11) is -2.50. The van der Waals surface area contributed by atoms with Crippen molar-refractivity contribution in [1.82, 2.24) is 0 Å². The van der Waals surface area contributed by atoms with Crippen LogP contribution in [0.25, 0.3) is 0 Å². The van der Waals surface area contributed by atoms with Crippen LogP contribution in [-0.4, -0.2) is 23.4 Å². The van der Waals surface area contributed by atoms with E-state index in [0.29, 0.717) is 17.4 Å². The van der Waals surface area contributed by atoms with Gasteiger partial charge in [0.05, 0.1) is 7.14 Å². The van der Waals surface area contributed by atoms with Crippen LogP contribution in [0.3, 0.4) is 0 Å². The first-order chi connectivity index (χ1) is 11.9. The van der Waals surface area contributed by atoms with E-state index >= 15 is 0 Å². The largest absolute Gasteiger partial charge is 0.323 e. The molecule has 0 saturated heterocycles. The Morgan fingerprint density at radius 3 is 1.73 bits per heavy atom. The van der Waals surface area contributed by atoms with Gasteiger partial charge in [-0.05, 0) is 23.0 Å². The second kappa shape index (κ2) is 9.04. The standard InChI is InChI=1S/C22H36NO2P/c1-14(2)19-11-10-12-20(15(3)4)21(19)23-22(24)18(9)13-26(25,16(5)6)17(7)8/h10-12,14-17H,9,13H2,1-8H3,(H,23,24). The molecule has 1 N–H and O–H groups in total. The fourth-order valence-corrected chi connectivity index (χ4v) is 5.89. The minimum atomic E-state index is -2.50. The number of carbonyl (C=O) groups excluding carboxylic acids is 1. The summed E-state index contributed by atoms with van der Waals surface area (Å²) < 4.78 is 13.3. The Morgan fingerprint density at radius 2 is 1.38 bits per heavy atom. The summed E-state index contributed by atoms with van der Waals surface area (Å²) >= 11 is 0. The van der Waals surface area contributed by atoms with Crippen LogP contribution in [0.5, 0.6) is 0 Å². The second-order valence-corrected chi connectivity index (χ2v) is 12.5. The van der Waals surface area contributed by atoms with E-state index in [-0.39, 0.29) is 23.4 Å². The molecule has 0 saturated carbocycles. The number of anilines is 1. The number of amides is 1. The molecule has 0 fully saturated rings. The lowest BCUT2D eigenvalue weighted by Crippen LogP contribution is -2.22. The molecule has 0 aliphatic carbocycles. The van der Waals surface area contributed by atoms with E-state index in [2.05, 4.69) is 51.7 Å². The third-order valence-corrected chi connectivity index (χ3v) is 9.49. The first-order valence-corrected chi connectivity index (χ1v) is 11.6. The highest BCUT2D eigenvalue weighted by atomic mass is 31.2. The Labute approximate surface area is 160 Å². The normalized spacial score (nSPS) is 12.3. The quantitative estimate of drug-likeness (QED) is 0.409. The fourth-order valence-electron chi connectivity index (χ4n) is 3.23. The van der Waals surface area contributed by atoms with Gasteiger partial charge in [-0.3, -0.25) is 4.79 Å². The third kappa shape index (κ3) is 5.10. The molecular formula is C22H36NO2P. The van der Waals surface area contributed by atoms with Gasteiger partial charge in [-0.2, -0.15) is 0 Å². The van der Waals surface area contributed by atoms with Crippen molar-refractivity contribution in [2.45, 2.75) is 78.5 Å². The Hall–Kier alpha value is -1.34. The zero-order valence-corrected chi connectivity index (χ0v) is 18.6. The van der Waals surface area contributed by atoms with Gasteiger partial charge in [-0.25, -0.2) is 0 Å². The highest BCUT2D eigenvalue weighted by Gasteiger charge is 2.32. The van der Waals surface area contributed by atoms with Gasteiger partial charge < -0.3 is 9.88 Å². The Bertz CT molecular complexity index is 664. The van der Waals surface area contributed by atoms with E-state index in [1.807, 2.05) is 33.8 Å². The number of carbonyl (C=O) groups is 1. The van der Waals surface area contributed by atoms with Crippen LogP contribution in [0.1, 0.15) is 78.4 Å². The van der Waals surface area contributed by atoms with Crippen molar-refractivity contribution in [3.63, 3.8) is 0 Å².